The second-order valence-electron chi connectivity index (χ2n) is 5.85. The first-order valence-electron chi connectivity index (χ1n) is 7.11. The van der Waals surface area contributed by atoms with Gasteiger partial charge >= 0.3 is 0 Å². The number of halogens is 1. The van der Waals surface area contributed by atoms with Gasteiger partial charge < -0.3 is 10.6 Å². The summed E-state index contributed by atoms with van der Waals surface area (Å²) in [5.74, 6) is -0.237. The molecular weight excluding hydrogens is 288 g/mol. The van der Waals surface area contributed by atoms with E-state index in [2.05, 4.69) is 17.6 Å². The average molecular weight is 311 g/mol. The molecule has 1 heterocycles. The molecule has 0 radical (unpaired) electrons. The number of carbonyl (C=O) groups is 2. The van der Waals surface area contributed by atoms with E-state index in [0.717, 1.165) is 25.9 Å². The zero-order valence-corrected chi connectivity index (χ0v) is 13.4. The highest BCUT2D eigenvalue weighted by atomic mass is 35.5. The van der Waals surface area contributed by atoms with Crippen LogP contribution in [0.5, 0.6) is 0 Å². The molecular formula is C16H23ClN2O2. The van der Waals surface area contributed by atoms with Crippen molar-refractivity contribution < 1.29 is 9.59 Å². The molecule has 1 saturated heterocycles. The highest BCUT2D eigenvalue weighted by molar-refractivity contribution is 6.07. The Morgan fingerprint density at radius 1 is 1.19 bits per heavy atom. The third-order valence-corrected chi connectivity index (χ3v) is 4.04. The number of ketones is 1. The smallest absolute Gasteiger partial charge is 0.252 e. The maximum atomic E-state index is 12.3. The lowest BCUT2D eigenvalue weighted by Gasteiger charge is -2.34. The summed E-state index contributed by atoms with van der Waals surface area (Å²) in [6.07, 6.45) is 2.11. The maximum Gasteiger partial charge on any atom is 0.252 e. The first kappa shape index (κ1) is 17.7. The normalized spacial score (nSPS) is 16.7. The number of hydrogen-bond donors (Lipinski definition) is 2. The van der Waals surface area contributed by atoms with E-state index in [0.29, 0.717) is 17.7 Å². The van der Waals surface area contributed by atoms with Crippen molar-refractivity contribution in [3.05, 3.63) is 35.4 Å². The quantitative estimate of drug-likeness (QED) is 0.840. The van der Waals surface area contributed by atoms with Gasteiger partial charge in [-0.25, -0.2) is 0 Å². The summed E-state index contributed by atoms with van der Waals surface area (Å²) in [4.78, 5) is 23.8. The predicted octanol–water partition coefficient (Wildman–Crippen LogP) is 2.43. The van der Waals surface area contributed by atoms with Gasteiger partial charge in [0.05, 0.1) is 5.56 Å². The minimum atomic E-state index is -0.157. The van der Waals surface area contributed by atoms with Crippen molar-refractivity contribution in [2.45, 2.75) is 26.7 Å². The predicted molar refractivity (Wildman–Crippen MR) is 86.2 cm³/mol. The maximum absolute atomic E-state index is 12.3. The van der Waals surface area contributed by atoms with Gasteiger partial charge in [0.25, 0.3) is 5.91 Å². The molecule has 1 fully saturated rings. The van der Waals surface area contributed by atoms with Crippen molar-refractivity contribution in [3.63, 3.8) is 0 Å². The number of piperidine rings is 1. The van der Waals surface area contributed by atoms with Crippen molar-refractivity contribution in [3.8, 4) is 0 Å². The lowest BCUT2D eigenvalue weighted by Crippen LogP contribution is -2.43. The van der Waals surface area contributed by atoms with E-state index in [-0.39, 0.29) is 29.5 Å². The molecule has 4 nitrogen and oxygen atoms in total. The van der Waals surface area contributed by atoms with Crippen LogP contribution in [0.1, 0.15) is 47.4 Å². The van der Waals surface area contributed by atoms with Gasteiger partial charge in [-0.3, -0.25) is 9.59 Å². The molecule has 1 aliphatic heterocycles. The zero-order chi connectivity index (χ0) is 14.6. The van der Waals surface area contributed by atoms with Crippen LogP contribution < -0.4 is 10.6 Å². The van der Waals surface area contributed by atoms with E-state index >= 15 is 0 Å². The number of Topliss-reactive ketones (excluding diaryl/α,β-unsaturated/α-hetero) is 1. The molecule has 1 amide bonds. The Morgan fingerprint density at radius 3 is 2.33 bits per heavy atom. The fourth-order valence-corrected chi connectivity index (χ4v) is 2.58. The number of nitrogens with one attached hydrogen (secondary N) is 2. The minimum Gasteiger partial charge on any atom is -0.351 e. The molecule has 0 saturated carbocycles. The van der Waals surface area contributed by atoms with Crippen LogP contribution in [0, 0.1) is 5.41 Å². The Hall–Kier alpha value is -1.39. The van der Waals surface area contributed by atoms with Crippen LogP contribution in [-0.2, 0) is 0 Å². The van der Waals surface area contributed by atoms with E-state index in [4.69, 9.17) is 0 Å². The van der Waals surface area contributed by atoms with Gasteiger partial charge in [-0.15, -0.1) is 12.4 Å². The Labute approximate surface area is 132 Å². The van der Waals surface area contributed by atoms with Crippen molar-refractivity contribution in [1.82, 2.24) is 10.6 Å². The summed E-state index contributed by atoms with van der Waals surface area (Å²) in [6, 6.07) is 6.97. The molecule has 1 aromatic rings. The van der Waals surface area contributed by atoms with Crippen molar-refractivity contribution in [2.75, 3.05) is 19.6 Å². The topological polar surface area (TPSA) is 58.2 Å². The van der Waals surface area contributed by atoms with E-state index in [9.17, 15) is 9.59 Å². The largest absolute Gasteiger partial charge is 0.351 e. The lowest BCUT2D eigenvalue weighted by molar-refractivity contribution is 0.0911. The monoisotopic (exact) mass is 310 g/mol. The van der Waals surface area contributed by atoms with Crippen LogP contribution in [0.2, 0.25) is 0 Å². The summed E-state index contributed by atoms with van der Waals surface area (Å²) in [5, 5.41) is 6.31. The molecule has 1 aliphatic rings. The van der Waals surface area contributed by atoms with Gasteiger partial charge in [-0.1, -0.05) is 25.1 Å². The summed E-state index contributed by atoms with van der Waals surface area (Å²) in [6.45, 7) is 6.33. The number of benzene rings is 1. The SMILES string of the molecule is CC(=O)c1ccccc1C(=O)NCC1(C)CCNCC1.Cl. The second kappa shape index (κ2) is 7.57. The second-order valence-corrected chi connectivity index (χ2v) is 5.85. The highest BCUT2D eigenvalue weighted by Crippen LogP contribution is 2.26. The first-order chi connectivity index (χ1) is 9.52. The molecule has 0 atom stereocenters. The molecule has 2 rings (SSSR count). The molecule has 1 aromatic carbocycles. The van der Waals surface area contributed by atoms with E-state index in [1.165, 1.54) is 6.92 Å². The van der Waals surface area contributed by atoms with Gasteiger partial charge in [0.2, 0.25) is 0 Å². The van der Waals surface area contributed by atoms with Gasteiger partial charge in [-0.2, -0.15) is 0 Å². The van der Waals surface area contributed by atoms with Crippen molar-refractivity contribution in [1.29, 1.82) is 0 Å². The summed E-state index contributed by atoms with van der Waals surface area (Å²) >= 11 is 0. The first-order valence-corrected chi connectivity index (χ1v) is 7.11. The molecule has 2 N–H and O–H groups in total. The van der Waals surface area contributed by atoms with Crippen LogP contribution >= 0.6 is 12.4 Å². The third kappa shape index (κ3) is 4.55. The highest BCUT2D eigenvalue weighted by Gasteiger charge is 2.27. The number of rotatable bonds is 4. The minimum absolute atomic E-state index is 0. The van der Waals surface area contributed by atoms with Crippen LogP contribution in [0.4, 0.5) is 0 Å². The molecule has 0 aromatic heterocycles. The van der Waals surface area contributed by atoms with E-state index < -0.39 is 0 Å². The number of carbonyl (C=O) groups excluding carboxylic acids is 2. The third-order valence-electron chi connectivity index (χ3n) is 4.04. The molecule has 0 unspecified atom stereocenters. The summed E-state index contributed by atoms with van der Waals surface area (Å²) in [5.41, 5.74) is 1.10. The molecule has 0 aliphatic carbocycles. The molecule has 5 heteroatoms. The molecule has 21 heavy (non-hydrogen) atoms. The Balaban J connectivity index is 0.00000220. The van der Waals surface area contributed by atoms with Gasteiger partial charge in [-0.05, 0) is 44.3 Å². The number of amides is 1. The molecule has 0 bridgehead atoms. The van der Waals surface area contributed by atoms with Crippen molar-refractivity contribution >= 4 is 24.1 Å². The number of hydrogen-bond acceptors (Lipinski definition) is 3. The van der Waals surface area contributed by atoms with E-state index in [1.807, 2.05) is 0 Å². The Morgan fingerprint density at radius 2 is 1.76 bits per heavy atom. The summed E-state index contributed by atoms with van der Waals surface area (Å²) < 4.78 is 0. The lowest BCUT2D eigenvalue weighted by atomic mass is 9.81. The molecule has 0 spiro atoms. The molecule has 116 valence electrons. The van der Waals surface area contributed by atoms with Crippen LogP contribution in [0.15, 0.2) is 24.3 Å². The van der Waals surface area contributed by atoms with Crippen molar-refractivity contribution in [2.24, 2.45) is 5.41 Å². The van der Waals surface area contributed by atoms with Gasteiger partial charge in [0, 0.05) is 12.1 Å². The Kier molecular flexibility index (Phi) is 6.37. The average Bonchev–Trinajstić information content (AvgIpc) is 2.45. The van der Waals surface area contributed by atoms with Crippen LogP contribution in [0.25, 0.3) is 0 Å². The standard InChI is InChI=1S/C16H22N2O2.ClH/c1-12(19)13-5-3-4-6-14(13)15(20)18-11-16(2)7-9-17-10-8-16;/h3-6,17H,7-11H2,1-2H3,(H,18,20);1H. The van der Waals surface area contributed by atoms with Crippen LogP contribution in [-0.4, -0.2) is 31.3 Å². The summed E-state index contributed by atoms with van der Waals surface area (Å²) in [7, 11) is 0. The van der Waals surface area contributed by atoms with Crippen LogP contribution in [0.3, 0.4) is 0 Å². The Bertz CT molecular complexity index is 511. The zero-order valence-electron chi connectivity index (χ0n) is 12.6. The van der Waals surface area contributed by atoms with Gasteiger partial charge in [0.1, 0.15) is 0 Å². The van der Waals surface area contributed by atoms with Gasteiger partial charge in [0.15, 0.2) is 5.78 Å². The fourth-order valence-electron chi connectivity index (χ4n) is 2.58. The fraction of sp³-hybridized carbons (Fsp3) is 0.500. The van der Waals surface area contributed by atoms with E-state index in [1.54, 1.807) is 24.3 Å².